The van der Waals surface area contributed by atoms with E-state index >= 15 is 0 Å². The summed E-state index contributed by atoms with van der Waals surface area (Å²) in [5.41, 5.74) is 10.9. The summed E-state index contributed by atoms with van der Waals surface area (Å²) in [4.78, 5) is 8.34. The van der Waals surface area contributed by atoms with E-state index < -0.39 is 0 Å². The van der Waals surface area contributed by atoms with Gasteiger partial charge in [-0.3, -0.25) is 9.97 Å². The van der Waals surface area contributed by atoms with Gasteiger partial charge >= 0.3 is 0 Å². The first-order valence-corrected chi connectivity index (χ1v) is 13.1. The highest BCUT2D eigenvalue weighted by atomic mass is 16.3. The van der Waals surface area contributed by atoms with E-state index in [9.17, 15) is 0 Å². The minimum atomic E-state index is 0.543. The smallest absolute Gasteiger partial charge is 0.136 e. The second-order valence-electron chi connectivity index (χ2n) is 9.83. The molecule has 0 saturated heterocycles. The van der Waals surface area contributed by atoms with E-state index in [-0.39, 0.29) is 0 Å². The van der Waals surface area contributed by atoms with Gasteiger partial charge < -0.3 is 4.42 Å². The predicted molar refractivity (Wildman–Crippen MR) is 160 cm³/mol. The molecule has 5 nitrogen and oxygen atoms in total. The standard InChI is InChI=1S/C36H20N4O/c37-17-23-13-31(21-39-19-23)27-5-1-25(2-6-27)29-9-11-33-34-12-10-30(16-36(34)41-35(33)15-29)26-3-7-28(8-4-26)32-14-24(18-38)20-40-22-32/h1-16,19-22H. The molecule has 190 valence electrons. The third-order valence-corrected chi connectivity index (χ3v) is 7.31. The van der Waals surface area contributed by atoms with Crippen molar-refractivity contribution in [2.45, 2.75) is 0 Å². The summed E-state index contributed by atoms with van der Waals surface area (Å²) in [5, 5.41) is 20.5. The second-order valence-corrected chi connectivity index (χ2v) is 9.83. The van der Waals surface area contributed by atoms with Crippen LogP contribution in [0.5, 0.6) is 0 Å². The quantitative estimate of drug-likeness (QED) is 0.230. The van der Waals surface area contributed by atoms with Crippen molar-refractivity contribution in [3.8, 4) is 56.6 Å². The molecular weight excluding hydrogens is 504 g/mol. The lowest BCUT2D eigenvalue weighted by atomic mass is 9.98. The SMILES string of the molecule is N#Cc1cncc(-c2ccc(-c3ccc4c(c3)oc3cc(-c5ccc(-c6cncc(C#N)c6)cc5)ccc34)cc2)c1. The first-order chi connectivity index (χ1) is 20.2. The van der Waals surface area contributed by atoms with Gasteiger partial charge in [-0.05, 0) is 69.8 Å². The summed E-state index contributed by atoms with van der Waals surface area (Å²) in [6, 6.07) is 37.1. The first-order valence-electron chi connectivity index (χ1n) is 13.1. The van der Waals surface area contributed by atoms with Crippen molar-refractivity contribution < 1.29 is 4.42 Å². The average Bonchev–Trinajstić information content (AvgIpc) is 3.42. The number of rotatable bonds is 4. The molecule has 0 atom stereocenters. The monoisotopic (exact) mass is 524 g/mol. The van der Waals surface area contributed by atoms with E-state index in [0.29, 0.717) is 11.1 Å². The number of aromatic nitrogens is 2. The van der Waals surface area contributed by atoms with E-state index in [4.69, 9.17) is 14.9 Å². The summed E-state index contributed by atoms with van der Waals surface area (Å²) < 4.78 is 6.34. The van der Waals surface area contributed by atoms with Crippen LogP contribution in [0.2, 0.25) is 0 Å². The maximum atomic E-state index is 9.17. The van der Waals surface area contributed by atoms with E-state index in [2.05, 4.69) is 82.8 Å². The fourth-order valence-electron chi connectivity index (χ4n) is 5.16. The van der Waals surface area contributed by atoms with Crippen LogP contribution in [0.15, 0.2) is 126 Å². The van der Waals surface area contributed by atoms with E-state index in [1.165, 1.54) is 0 Å². The predicted octanol–water partition coefficient (Wildman–Crippen LogP) is 8.79. The van der Waals surface area contributed by atoms with Gasteiger partial charge in [-0.15, -0.1) is 0 Å². The number of pyridine rings is 2. The summed E-state index contributed by atoms with van der Waals surface area (Å²) in [7, 11) is 0. The Morgan fingerprint density at radius 1 is 0.415 bits per heavy atom. The fraction of sp³-hybridized carbons (Fsp3) is 0. The van der Waals surface area contributed by atoms with Crippen LogP contribution in [0.3, 0.4) is 0 Å². The Bertz CT molecular complexity index is 2010. The van der Waals surface area contributed by atoms with Crippen molar-refractivity contribution in [3.63, 3.8) is 0 Å². The minimum Gasteiger partial charge on any atom is -0.456 e. The molecule has 0 aliphatic carbocycles. The molecule has 0 unspecified atom stereocenters. The Morgan fingerprint density at radius 2 is 0.780 bits per heavy atom. The molecule has 0 bridgehead atoms. The van der Waals surface area contributed by atoms with Crippen molar-refractivity contribution in [3.05, 3.63) is 133 Å². The molecule has 7 rings (SSSR count). The molecule has 7 aromatic rings. The van der Waals surface area contributed by atoms with Crippen molar-refractivity contribution in [1.29, 1.82) is 10.5 Å². The largest absolute Gasteiger partial charge is 0.456 e. The number of nitriles is 2. The van der Waals surface area contributed by atoms with Crippen LogP contribution in [-0.4, -0.2) is 9.97 Å². The van der Waals surface area contributed by atoms with Crippen LogP contribution in [0.25, 0.3) is 66.4 Å². The maximum Gasteiger partial charge on any atom is 0.136 e. The lowest BCUT2D eigenvalue weighted by Gasteiger charge is -2.05. The summed E-state index contributed by atoms with van der Waals surface area (Å²) in [5.74, 6) is 0. The van der Waals surface area contributed by atoms with Crippen molar-refractivity contribution in [1.82, 2.24) is 9.97 Å². The molecule has 0 spiro atoms. The molecule has 0 fully saturated rings. The Hall–Kier alpha value is -6.04. The minimum absolute atomic E-state index is 0.543. The molecular formula is C36H20N4O. The van der Waals surface area contributed by atoms with Gasteiger partial charge in [0.1, 0.15) is 23.3 Å². The molecule has 3 aromatic heterocycles. The lowest BCUT2D eigenvalue weighted by molar-refractivity contribution is 0.669. The van der Waals surface area contributed by atoms with E-state index in [0.717, 1.165) is 66.4 Å². The van der Waals surface area contributed by atoms with E-state index in [1.807, 2.05) is 36.4 Å². The highest BCUT2D eigenvalue weighted by Crippen LogP contribution is 2.35. The molecule has 0 N–H and O–H groups in total. The molecule has 3 heterocycles. The van der Waals surface area contributed by atoms with Crippen molar-refractivity contribution in [2.24, 2.45) is 0 Å². The van der Waals surface area contributed by atoms with Gasteiger partial charge in [0.05, 0.1) is 11.1 Å². The van der Waals surface area contributed by atoms with Crippen LogP contribution in [0, 0.1) is 22.7 Å². The van der Waals surface area contributed by atoms with Crippen LogP contribution in [0.1, 0.15) is 11.1 Å². The van der Waals surface area contributed by atoms with Gasteiger partial charge in [-0.1, -0.05) is 60.7 Å². The number of benzene rings is 4. The average molecular weight is 525 g/mol. The number of furan rings is 1. The summed E-state index contributed by atoms with van der Waals surface area (Å²) in [6.45, 7) is 0. The van der Waals surface area contributed by atoms with Crippen LogP contribution in [0.4, 0.5) is 0 Å². The second kappa shape index (κ2) is 9.93. The third-order valence-electron chi connectivity index (χ3n) is 7.31. The Kier molecular flexibility index (Phi) is 5.82. The van der Waals surface area contributed by atoms with Crippen LogP contribution < -0.4 is 0 Å². The van der Waals surface area contributed by atoms with Crippen LogP contribution in [-0.2, 0) is 0 Å². The summed E-state index contributed by atoms with van der Waals surface area (Å²) >= 11 is 0. The van der Waals surface area contributed by atoms with Gasteiger partial charge in [0.25, 0.3) is 0 Å². The zero-order chi connectivity index (χ0) is 27.8. The first kappa shape index (κ1) is 24.0. The van der Waals surface area contributed by atoms with Crippen LogP contribution >= 0.6 is 0 Å². The lowest BCUT2D eigenvalue weighted by Crippen LogP contribution is -1.84. The molecule has 0 saturated carbocycles. The number of hydrogen-bond donors (Lipinski definition) is 0. The van der Waals surface area contributed by atoms with Gasteiger partial charge in [-0.2, -0.15) is 10.5 Å². The molecule has 41 heavy (non-hydrogen) atoms. The number of fused-ring (bicyclic) bond motifs is 3. The topological polar surface area (TPSA) is 86.5 Å². The molecule has 0 amide bonds. The Morgan fingerprint density at radius 3 is 1.17 bits per heavy atom. The van der Waals surface area contributed by atoms with Crippen molar-refractivity contribution >= 4 is 21.9 Å². The molecule has 4 aromatic carbocycles. The Balaban J connectivity index is 1.18. The molecule has 0 radical (unpaired) electrons. The molecule has 0 aliphatic heterocycles. The van der Waals surface area contributed by atoms with Gasteiger partial charge in [0, 0.05) is 46.7 Å². The maximum absolute atomic E-state index is 9.17. The zero-order valence-corrected chi connectivity index (χ0v) is 21.7. The zero-order valence-electron chi connectivity index (χ0n) is 21.7. The number of nitrogens with zero attached hydrogens (tertiary/aromatic N) is 4. The highest BCUT2D eigenvalue weighted by molar-refractivity contribution is 6.07. The third kappa shape index (κ3) is 4.48. The fourth-order valence-corrected chi connectivity index (χ4v) is 5.16. The Labute approximate surface area is 236 Å². The van der Waals surface area contributed by atoms with E-state index in [1.54, 1.807) is 24.8 Å². The van der Waals surface area contributed by atoms with Crippen molar-refractivity contribution in [2.75, 3.05) is 0 Å². The van der Waals surface area contributed by atoms with Gasteiger partial charge in [0.15, 0.2) is 0 Å². The normalized spacial score (nSPS) is 10.9. The number of hydrogen-bond acceptors (Lipinski definition) is 5. The van der Waals surface area contributed by atoms with Gasteiger partial charge in [0.2, 0.25) is 0 Å². The molecule has 5 heteroatoms. The van der Waals surface area contributed by atoms with Gasteiger partial charge in [-0.25, -0.2) is 0 Å². The summed E-state index contributed by atoms with van der Waals surface area (Å²) in [6.07, 6.45) is 6.67. The highest BCUT2D eigenvalue weighted by Gasteiger charge is 2.11. The molecule has 0 aliphatic rings.